The first-order chi connectivity index (χ1) is 8.34. The van der Waals surface area contributed by atoms with Crippen molar-refractivity contribution in [3.63, 3.8) is 0 Å². The second-order valence-electron chi connectivity index (χ2n) is 5.13. The van der Waals surface area contributed by atoms with E-state index in [1.54, 1.807) is 5.56 Å². The lowest BCUT2D eigenvalue weighted by Gasteiger charge is -2.06. The summed E-state index contributed by atoms with van der Waals surface area (Å²) in [6.45, 7) is 2.34. The molecule has 0 aromatic heterocycles. The molecular formula is C17H14. The molecule has 4 rings (SSSR count). The monoisotopic (exact) mass is 218 g/mol. The largest absolute Gasteiger partial charge is 0.0616 e. The standard InChI is InChI=1S/C17H14/c1-11-9-16-15-7-3-2-5-12(15)10-13-6-4-8-14(11)17(13)16/h2-8,10-11H,9H2,1H3/t11-/m1/s1. The van der Waals surface area contributed by atoms with Crippen LogP contribution in [0.25, 0.3) is 21.5 Å². The van der Waals surface area contributed by atoms with Gasteiger partial charge in [0.1, 0.15) is 0 Å². The Labute approximate surface area is 101 Å². The van der Waals surface area contributed by atoms with Crippen molar-refractivity contribution < 1.29 is 0 Å². The molecule has 0 N–H and O–H groups in total. The highest BCUT2D eigenvalue weighted by Gasteiger charge is 2.22. The molecule has 0 spiro atoms. The van der Waals surface area contributed by atoms with Crippen LogP contribution in [0.2, 0.25) is 0 Å². The fourth-order valence-electron chi connectivity index (χ4n) is 3.30. The summed E-state index contributed by atoms with van der Waals surface area (Å²) < 4.78 is 0. The van der Waals surface area contributed by atoms with Crippen molar-refractivity contribution in [3.05, 3.63) is 59.7 Å². The Morgan fingerprint density at radius 3 is 2.71 bits per heavy atom. The van der Waals surface area contributed by atoms with Gasteiger partial charge in [-0.3, -0.25) is 0 Å². The zero-order chi connectivity index (χ0) is 11.4. The van der Waals surface area contributed by atoms with Crippen LogP contribution in [0.4, 0.5) is 0 Å². The lowest BCUT2D eigenvalue weighted by molar-refractivity contribution is 0.801. The minimum Gasteiger partial charge on any atom is -0.0616 e. The molecule has 1 aliphatic rings. The van der Waals surface area contributed by atoms with E-state index in [-0.39, 0.29) is 0 Å². The molecule has 3 aromatic carbocycles. The molecule has 0 nitrogen and oxygen atoms in total. The minimum atomic E-state index is 0.666. The van der Waals surface area contributed by atoms with E-state index in [0.29, 0.717) is 5.92 Å². The SMILES string of the molecule is C[C@@H]1Cc2c3ccccc3cc3cccc1c23. The third-order valence-electron chi connectivity index (χ3n) is 4.07. The van der Waals surface area contributed by atoms with E-state index in [1.165, 1.54) is 33.5 Å². The molecule has 82 valence electrons. The Balaban J connectivity index is 2.29. The fraction of sp³-hybridized carbons (Fsp3) is 0.176. The summed E-state index contributed by atoms with van der Waals surface area (Å²) >= 11 is 0. The number of hydrogen-bond acceptors (Lipinski definition) is 0. The first kappa shape index (κ1) is 9.23. The molecule has 1 atom stereocenters. The smallest absolute Gasteiger partial charge is 0.0110 e. The van der Waals surface area contributed by atoms with Gasteiger partial charge in [-0.05, 0) is 51.1 Å². The van der Waals surface area contributed by atoms with Crippen molar-refractivity contribution >= 4 is 21.5 Å². The topological polar surface area (TPSA) is 0 Å². The summed E-state index contributed by atoms with van der Waals surface area (Å²) in [6.07, 6.45) is 1.19. The van der Waals surface area contributed by atoms with Crippen molar-refractivity contribution in [2.75, 3.05) is 0 Å². The summed E-state index contributed by atoms with van der Waals surface area (Å²) in [7, 11) is 0. The van der Waals surface area contributed by atoms with Gasteiger partial charge in [-0.25, -0.2) is 0 Å². The highest BCUT2D eigenvalue weighted by atomic mass is 14.3. The van der Waals surface area contributed by atoms with Crippen LogP contribution in [-0.2, 0) is 6.42 Å². The van der Waals surface area contributed by atoms with Crippen molar-refractivity contribution in [2.24, 2.45) is 0 Å². The van der Waals surface area contributed by atoms with Crippen molar-refractivity contribution in [1.82, 2.24) is 0 Å². The number of hydrogen-bond donors (Lipinski definition) is 0. The maximum Gasteiger partial charge on any atom is -0.0110 e. The third-order valence-corrected chi connectivity index (χ3v) is 4.07. The van der Waals surface area contributed by atoms with Gasteiger partial charge in [0.25, 0.3) is 0 Å². The van der Waals surface area contributed by atoms with E-state index in [4.69, 9.17) is 0 Å². The summed E-state index contributed by atoms with van der Waals surface area (Å²) in [5, 5.41) is 5.73. The van der Waals surface area contributed by atoms with Gasteiger partial charge in [0, 0.05) is 0 Å². The van der Waals surface area contributed by atoms with Crippen LogP contribution in [0, 0.1) is 0 Å². The molecular weight excluding hydrogens is 204 g/mol. The number of benzene rings is 3. The molecule has 0 heteroatoms. The Morgan fingerprint density at radius 1 is 0.941 bits per heavy atom. The van der Waals surface area contributed by atoms with E-state index in [9.17, 15) is 0 Å². The summed E-state index contributed by atoms with van der Waals surface area (Å²) in [6, 6.07) is 17.8. The number of fused-ring (bicyclic) bond motifs is 2. The highest BCUT2D eigenvalue weighted by molar-refractivity contribution is 6.05. The summed E-state index contributed by atoms with van der Waals surface area (Å²) in [5.74, 6) is 0.666. The zero-order valence-corrected chi connectivity index (χ0v) is 9.90. The molecule has 0 radical (unpaired) electrons. The molecule has 0 saturated heterocycles. The Morgan fingerprint density at radius 2 is 1.76 bits per heavy atom. The molecule has 17 heavy (non-hydrogen) atoms. The average molecular weight is 218 g/mol. The van der Waals surface area contributed by atoms with Crippen LogP contribution < -0.4 is 0 Å². The van der Waals surface area contributed by atoms with E-state index in [1.807, 2.05) is 0 Å². The number of rotatable bonds is 0. The van der Waals surface area contributed by atoms with Gasteiger partial charge in [-0.1, -0.05) is 49.4 Å². The molecule has 0 saturated carbocycles. The van der Waals surface area contributed by atoms with Crippen LogP contribution in [0.3, 0.4) is 0 Å². The average Bonchev–Trinajstić information content (AvgIpc) is 2.70. The first-order valence-corrected chi connectivity index (χ1v) is 6.28. The fourth-order valence-corrected chi connectivity index (χ4v) is 3.30. The van der Waals surface area contributed by atoms with Crippen LogP contribution in [0.15, 0.2) is 48.5 Å². The lowest BCUT2D eigenvalue weighted by atomic mass is 9.98. The minimum absolute atomic E-state index is 0.666. The summed E-state index contributed by atoms with van der Waals surface area (Å²) in [5.41, 5.74) is 3.09. The van der Waals surface area contributed by atoms with Crippen molar-refractivity contribution in [3.8, 4) is 0 Å². The second kappa shape index (κ2) is 3.10. The lowest BCUT2D eigenvalue weighted by Crippen LogP contribution is -1.87. The van der Waals surface area contributed by atoms with Gasteiger partial charge in [-0.2, -0.15) is 0 Å². The highest BCUT2D eigenvalue weighted by Crippen LogP contribution is 2.41. The predicted octanol–water partition coefficient (Wildman–Crippen LogP) is 4.65. The summed E-state index contributed by atoms with van der Waals surface area (Å²) in [4.78, 5) is 0. The Bertz CT molecular complexity index is 737. The van der Waals surface area contributed by atoms with Crippen LogP contribution in [-0.4, -0.2) is 0 Å². The van der Waals surface area contributed by atoms with Gasteiger partial charge < -0.3 is 0 Å². The third kappa shape index (κ3) is 1.13. The van der Waals surface area contributed by atoms with E-state index < -0.39 is 0 Å². The molecule has 0 heterocycles. The van der Waals surface area contributed by atoms with Crippen molar-refractivity contribution in [2.45, 2.75) is 19.3 Å². The van der Waals surface area contributed by atoms with Gasteiger partial charge in [0.05, 0.1) is 0 Å². The Hall–Kier alpha value is -1.82. The Kier molecular flexibility index (Phi) is 1.69. The van der Waals surface area contributed by atoms with Crippen LogP contribution in [0.1, 0.15) is 24.0 Å². The van der Waals surface area contributed by atoms with Gasteiger partial charge in [-0.15, -0.1) is 0 Å². The van der Waals surface area contributed by atoms with Gasteiger partial charge in [0.2, 0.25) is 0 Å². The maximum absolute atomic E-state index is 2.34. The molecule has 0 fully saturated rings. The molecule has 3 aromatic rings. The molecule has 0 unspecified atom stereocenters. The zero-order valence-electron chi connectivity index (χ0n) is 9.90. The van der Waals surface area contributed by atoms with E-state index in [2.05, 4.69) is 55.5 Å². The van der Waals surface area contributed by atoms with E-state index in [0.717, 1.165) is 0 Å². The van der Waals surface area contributed by atoms with Crippen LogP contribution >= 0.6 is 0 Å². The molecule has 0 aliphatic heterocycles. The predicted molar refractivity (Wildman–Crippen MR) is 73.6 cm³/mol. The molecule has 1 aliphatic carbocycles. The molecule has 0 bridgehead atoms. The van der Waals surface area contributed by atoms with Gasteiger partial charge in [0.15, 0.2) is 0 Å². The maximum atomic E-state index is 2.34. The van der Waals surface area contributed by atoms with E-state index >= 15 is 0 Å². The quantitative estimate of drug-likeness (QED) is 0.482. The first-order valence-electron chi connectivity index (χ1n) is 6.28. The van der Waals surface area contributed by atoms with Crippen molar-refractivity contribution in [1.29, 1.82) is 0 Å². The second-order valence-corrected chi connectivity index (χ2v) is 5.13. The normalized spacial score (nSPS) is 18.1. The molecule has 0 amide bonds. The van der Waals surface area contributed by atoms with Crippen LogP contribution in [0.5, 0.6) is 0 Å². The van der Waals surface area contributed by atoms with Gasteiger partial charge >= 0.3 is 0 Å².